The highest BCUT2D eigenvalue weighted by molar-refractivity contribution is 9.10. The van der Waals surface area contributed by atoms with Crippen molar-refractivity contribution in [3.05, 3.63) is 58.8 Å². The molecule has 3 heterocycles. The van der Waals surface area contributed by atoms with E-state index in [9.17, 15) is 4.79 Å². The van der Waals surface area contributed by atoms with Gasteiger partial charge in [0, 0.05) is 42.9 Å². The predicted molar refractivity (Wildman–Crippen MR) is 140 cm³/mol. The molecular formula is C27H34BrN5O. The molecule has 5 rings (SSSR count). The number of hydrogen-bond donors (Lipinski definition) is 0. The highest BCUT2D eigenvalue weighted by Crippen LogP contribution is 2.27. The predicted octanol–water partition coefficient (Wildman–Crippen LogP) is 4.55. The maximum absolute atomic E-state index is 13.3. The van der Waals surface area contributed by atoms with E-state index in [4.69, 9.17) is 4.98 Å². The fraction of sp³-hybridized carbons (Fsp3) is 0.481. The summed E-state index contributed by atoms with van der Waals surface area (Å²) in [6, 6.07) is 16.7. The van der Waals surface area contributed by atoms with Crippen molar-refractivity contribution in [1.82, 2.24) is 24.3 Å². The van der Waals surface area contributed by atoms with Gasteiger partial charge in [-0.15, -0.1) is 0 Å². The highest BCUT2D eigenvalue weighted by atomic mass is 79.9. The number of nitrogens with zero attached hydrogens (tertiary/aromatic N) is 5. The Morgan fingerprint density at radius 2 is 1.85 bits per heavy atom. The molecule has 0 unspecified atom stereocenters. The number of rotatable bonds is 6. The number of aromatic nitrogens is 2. The van der Waals surface area contributed by atoms with E-state index in [0.717, 1.165) is 92.2 Å². The van der Waals surface area contributed by atoms with Gasteiger partial charge in [-0.2, -0.15) is 0 Å². The third kappa shape index (κ3) is 5.07. The summed E-state index contributed by atoms with van der Waals surface area (Å²) < 4.78 is 3.31. The van der Waals surface area contributed by atoms with Gasteiger partial charge in [0.2, 0.25) is 5.91 Å². The van der Waals surface area contributed by atoms with Crippen LogP contribution in [0.3, 0.4) is 0 Å². The monoisotopic (exact) mass is 523 g/mol. The maximum atomic E-state index is 13.3. The molecule has 2 aliphatic rings. The van der Waals surface area contributed by atoms with Gasteiger partial charge >= 0.3 is 0 Å². The van der Waals surface area contributed by atoms with Crippen molar-refractivity contribution in [2.24, 2.45) is 5.92 Å². The van der Waals surface area contributed by atoms with Crippen molar-refractivity contribution in [2.45, 2.75) is 32.7 Å². The first-order valence-electron chi connectivity index (χ1n) is 12.6. The van der Waals surface area contributed by atoms with Crippen LogP contribution < -0.4 is 0 Å². The summed E-state index contributed by atoms with van der Waals surface area (Å²) >= 11 is 3.62. The fourth-order valence-electron chi connectivity index (χ4n) is 5.45. The molecule has 2 aromatic carbocycles. The molecule has 180 valence electrons. The quantitative estimate of drug-likeness (QED) is 0.475. The molecule has 0 saturated carbocycles. The number of para-hydroxylation sites is 2. The van der Waals surface area contributed by atoms with Crippen molar-refractivity contribution in [3.8, 4) is 5.69 Å². The molecule has 0 spiro atoms. The fourth-order valence-corrected chi connectivity index (χ4v) is 5.84. The van der Waals surface area contributed by atoms with Gasteiger partial charge in [-0.25, -0.2) is 4.98 Å². The number of carbonyl (C=O) groups excluding carboxylic acids is 1. The van der Waals surface area contributed by atoms with E-state index in [1.54, 1.807) is 0 Å². The Hall–Kier alpha value is -2.22. The first kappa shape index (κ1) is 23.5. The second kappa shape index (κ2) is 10.6. The summed E-state index contributed by atoms with van der Waals surface area (Å²) in [6.07, 6.45) is 3.23. The largest absolute Gasteiger partial charge is 0.340 e. The number of carbonyl (C=O) groups is 1. The van der Waals surface area contributed by atoms with Gasteiger partial charge < -0.3 is 4.90 Å². The van der Waals surface area contributed by atoms with Crippen LogP contribution >= 0.6 is 15.9 Å². The summed E-state index contributed by atoms with van der Waals surface area (Å²) in [7, 11) is 0. The first-order valence-corrected chi connectivity index (χ1v) is 13.4. The van der Waals surface area contributed by atoms with Crippen molar-refractivity contribution >= 4 is 32.9 Å². The van der Waals surface area contributed by atoms with Crippen LogP contribution in [0.2, 0.25) is 0 Å². The van der Waals surface area contributed by atoms with E-state index in [0.29, 0.717) is 5.91 Å². The number of amides is 1. The summed E-state index contributed by atoms with van der Waals surface area (Å²) in [5, 5.41) is 0. The zero-order chi connectivity index (χ0) is 23.5. The zero-order valence-electron chi connectivity index (χ0n) is 20.0. The van der Waals surface area contributed by atoms with Crippen molar-refractivity contribution in [1.29, 1.82) is 0 Å². The van der Waals surface area contributed by atoms with Gasteiger partial charge in [0.25, 0.3) is 0 Å². The molecule has 2 aliphatic heterocycles. The van der Waals surface area contributed by atoms with E-state index in [1.165, 1.54) is 6.42 Å². The minimum atomic E-state index is 0.0928. The summed E-state index contributed by atoms with van der Waals surface area (Å²) in [5.41, 5.74) is 3.23. The molecule has 1 aromatic heterocycles. The number of benzene rings is 2. The number of likely N-dealkylation sites (tertiary alicyclic amines) is 1. The Balaban J connectivity index is 1.32. The second-order valence-corrected chi connectivity index (χ2v) is 10.5. The molecule has 6 nitrogen and oxygen atoms in total. The van der Waals surface area contributed by atoms with Crippen LogP contribution in [-0.4, -0.2) is 76.0 Å². The van der Waals surface area contributed by atoms with Crippen molar-refractivity contribution < 1.29 is 4.79 Å². The van der Waals surface area contributed by atoms with E-state index >= 15 is 0 Å². The number of piperidine rings is 1. The van der Waals surface area contributed by atoms with Crippen LogP contribution in [0.4, 0.5) is 0 Å². The lowest BCUT2D eigenvalue weighted by atomic mass is 9.96. The van der Waals surface area contributed by atoms with Gasteiger partial charge in [-0.3, -0.25) is 19.2 Å². The Morgan fingerprint density at radius 1 is 1.03 bits per heavy atom. The summed E-state index contributed by atoms with van der Waals surface area (Å²) in [4.78, 5) is 25.4. The SMILES string of the molecule is CCCN1CCN(C(=O)[C@@H]2CCCN(Cc3nc4ccccc4n3-c3cccc(Br)c3)C2)CC1. The average molecular weight is 525 g/mol. The lowest BCUT2D eigenvalue weighted by Gasteiger charge is -2.39. The standard InChI is InChI=1S/C27H34BrN5O/c1-2-12-30-14-16-32(17-15-30)27(34)21-7-6-13-31(19-21)20-26-29-24-10-3-4-11-25(24)33(26)23-9-5-8-22(28)18-23/h3-5,8-11,18,21H,2,6-7,12-17,19-20H2,1H3/t21-/m1/s1. The van der Waals surface area contributed by atoms with Gasteiger partial charge in [0.15, 0.2) is 0 Å². The third-order valence-corrected chi connectivity index (χ3v) is 7.63. The smallest absolute Gasteiger partial charge is 0.227 e. The molecule has 0 N–H and O–H groups in total. The molecule has 7 heteroatoms. The van der Waals surface area contributed by atoms with Crippen LogP contribution in [0, 0.1) is 5.92 Å². The highest BCUT2D eigenvalue weighted by Gasteiger charge is 2.31. The lowest BCUT2D eigenvalue weighted by molar-refractivity contribution is -0.139. The molecule has 1 amide bonds. The van der Waals surface area contributed by atoms with E-state index in [1.807, 2.05) is 12.1 Å². The van der Waals surface area contributed by atoms with Gasteiger partial charge in [0.1, 0.15) is 5.82 Å². The average Bonchev–Trinajstić information content (AvgIpc) is 3.22. The Labute approximate surface area is 210 Å². The molecular weight excluding hydrogens is 490 g/mol. The molecule has 0 bridgehead atoms. The molecule has 2 saturated heterocycles. The van der Waals surface area contributed by atoms with Crippen LogP contribution in [0.5, 0.6) is 0 Å². The molecule has 34 heavy (non-hydrogen) atoms. The number of imidazole rings is 1. The van der Waals surface area contributed by atoms with Crippen LogP contribution in [0.1, 0.15) is 32.0 Å². The van der Waals surface area contributed by atoms with Crippen molar-refractivity contribution in [3.63, 3.8) is 0 Å². The summed E-state index contributed by atoms with van der Waals surface area (Å²) in [5.74, 6) is 1.47. The Morgan fingerprint density at radius 3 is 2.65 bits per heavy atom. The van der Waals surface area contributed by atoms with E-state index in [-0.39, 0.29) is 5.92 Å². The number of piperazine rings is 1. The minimum absolute atomic E-state index is 0.0928. The molecule has 0 aliphatic carbocycles. The third-order valence-electron chi connectivity index (χ3n) is 7.14. The van der Waals surface area contributed by atoms with E-state index in [2.05, 4.69) is 78.5 Å². The van der Waals surface area contributed by atoms with Crippen LogP contribution in [0.15, 0.2) is 53.0 Å². The number of halogens is 1. The zero-order valence-corrected chi connectivity index (χ0v) is 21.6. The van der Waals surface area contributed by atoms with Crippen LogP contribution in [0.25, 0.3) is 16.7 Å². The normalized spacial score (nSPS) is 20.2. The van der Waals surface area contributed by atoms with Gasteiger partial charge in [-0.05, 0) is 62.7 Å². The van der Waals surface area contributed by atoms with Gasteiger partial charge in [0.05, 0.1) is 23.5 Å². The second-order valence-electron chi connectivity index (χ2n) is 9.57. The number of hydrogen-bond acceptors (Lipinski definition) is 4. The molecule has 0 radical (unpaired) electrons. The Kier molecular flexibility index (Phi) is 7.32. The topological polar surface area (TPSA) is 44.6 Å². The van der Waals surface area contributed by atoms with Crippen molar-refractivity contribution in [2.75, 3.05) is 45.8 Å². The molecule has 3 aromatic rings. The summed E-state index contributed by atoms with van der Waals surface area (Å²) in [6.45, 7) is 9.68. The molecule has 1 atom stereocenters. The molecule has 2 fully saturated rings. The van der Waals surface area contributed by atoms with Gasteiger partial charge in [-0.1, -0.05) is 41.1 Å². The first-order chi connectivity index (χ1) is 16.6. The van der Waals surface area contributed by atoms with Crippen LogP contribution in [-0.2, 0) is 11.3 Å². The lowest BCUT2D eigenvalue weighted by Crippen LogP contribution is -2.52. The minimum Gasteiger partial charge on any atom is -0.340 e. The Bertz CT molecular complexity index is 1140. The number of fused-ring (bicyclic) bond motifs is 1. The van der Waals surface area contributed by atoms with E-state index < -0.39 is 0 Å². The maximum Gasteiger partial charge on any atom is 0.227 e.